The van der Waals surface area contributed by atoms with E-state index in [-0.39, 0.29) is 11.3 Å². The van der Waals surface area contributed by atoms with Crippen LogP contribution in [0.2, 0.25) is 0 Å². The van der Waals surface area contributed by atoms with E-state index >= 15 is 0 Å². The number of hydrogen-bond donors (Lipinski definition) is 1. The molecule has 1 fully saturated rings. The summed E-state index contributed by atoms with van der Waals surface area (Å²) in [5.74, 6) is -0.911. The molecule has 1 atom stereocenters. The fourth-order valence-corrected chi connectivity index (χ4v) is 3.98. The van der Waals surface area contributed by atoms with Crippen LogP contribution >= 0.6 is 0 Å². The van der Waals surface area contributed by atoms with Crippen LogP contribution in [0.4, 0.5) is 10.1 Å². The summed E-state index contributed by atoms with van der Waals surface area (Å²) in [5, 5.41) is 11.1. The second-order valence-corrected chi connectivity index (χ2v) is 8.17. The molecule has 4 rings (SSSR count). The molecule has 2 heterocycles. The molecular weight excluding hydrogens is 437 g/mol. The average molecular weight is 464 g/mol. The second kappa shape index (κ2) is 9.95. The van der Waals surface area contributed by atoms with E-state index in [9.17, 15) is 19.1 Å². The van der Waals surface area contributed by atoms with Gasteiger partial charge in [0.15, 0.2) is 0 Å². The number of benzene rings is 2. The third-order valence-corrected chi connectivity index (χ3v) is 5.72. The highest BCUT2D eigenvalue weighted by molar-refractivity contribution is 6.51. The number of unbranched alkanes of at least 4 members (excludes halogenated alkanes) is 2. The Labute approximate surface area is 197 Å². The average Bonchev–Trinajstić information content (AvgIpc) is 3.38. The van der Waals surface area contributed by atoms with Gasteiger partial charge in [-0.1, -0.05) is 19.8 Å². The Morgan fingerprint density at radius 2 is 1.74 bits per heavy atom. The van der Waals surface area contributed by atoms with E-state index in [2.05, 4.69) is 6.92 Å². The number of Topliss-reactive ketones (excluding diaryl/α,β-unsaturated/α-hetero) is 1. The molecule has 0 aliphatic carbocycles. The summed E-state index contributed by atoms with van der Waals surface area (Å²) in [7, 11) is 0. The standard InChI is InChI=1S/C27H26FNO5/c1-3-4-5-16-33-21-13-7-18(8-14-21)25(30)23-24(22-15-6-17(2)34-22)29(27(32)26(23)31)20-11-9-19(28)10-12-20/h6-15,24,30H,3-5,16H2,1-2H3/b25-23-. The molecule has 1 saturated heterocycles. The number of aliphatic hydroxyl groups excluding tert-OH is 1. The molecule has 3 aromatic rings. The maximum atomic E-state index is 13.5. The Morgan fingerprint density at radius 1 is 1.03 bits per heavy atom. The number of aliphatic hydroxyl groups is 1. The fraction of sp³-hybridized carbons (Fsp3) is 0.259. The number of ether oxygens (including phenoxy) is 1. The van der Waals surface area contributed by atoms with Crippen LogP contribution in [0.3, 0.4) is 0 Å². The van der Waals surface area contributed by atoms with Crippen molar-refractivity contribution in [1.82, 2.24) is 0 Å². The minimum atomic E-state index is -0.996. The predicted octanol–water partition coefficient (Wildman–Crippen LogP) is 5.92. The zero-order valence-electron chi connectivity index (χ0n) is 19.1. The minimum Gasteiger partial charge on any atom is -0.507 e. The monoisotopic (exact) mass is 463 g/mol. The quantitative estimate of drug-likeness (QED) is 0.194. The van der Waals surface area contributed by atoms with Crippen molar-refractivity contribution < 1.29 is 28.2 Å². The van der Waals surface area contributed by atoms with Crippen LogP contribution < -0.4 is 9.64 Å². The first kappa shape index (κ1) is 23.3. The van der Waals surface area contributed by atoms with Gasteiger partial charge in [0, 0.05) is 11.3 Å². The summed E-state index contributed by atoms with van der Waals surface area (Å²) >= 11 is 0. The molecule has 1 aliphatic rings. The van der Waals surface area contributed by atoms with Gasteiger partial charge in [0.2, 0.25) is 0 Å². The van der Waals surface area contributed by atoms with Gasteiger partial charge in [-0.3, -0.25) is 14.5 Å². The van der Waals surface area contributed by atoms with Gasteiger partial charge < -0.3 is 14.3 Å². The zero-order valence-corrected chi connectivity index (χ0v) is 19.1. The normalized spacial score (nSPS) is 17.4. The van der Waals surface area contributed by atoms with Gasteiger partial charge in [-0.15, -0.1) is 0 Å². The first-order valence-electron chi connectivity index (χ1n) is 11.3. The van der Waals surface area contributed by atoms with E-state index in [1.54, 1.807) is 43.3 Å². The van der Waals surface area contributed by atoms with Gasteiger partial charge in [-0.25, -0.2) is 4.39 Å². The van der Waals surface area contributed by atoms with Gasteiger partial charge in [-0.05, 0) is 74.0 Å². The van der Waals surface area contributed by atoms with Gasteiger partial charge in [-0.2, -0.15) is 0 Å². The number of amides is 1. The van der Waals surface area contributed by atoms with Crippen LogP contribution in [0, 0.1) is 12.7 Å². The number of ketones is 1. The maximum Gasteiger partial charge on any atom is 0.300 e. The van der Waals surface area contributed by atoms with Crippen molar-refractivity contribution in [2.24, 2.45) is 0 Å². The summed E-state index contributed by atoms with van der Waals surface area (Å²) in [6.45, 7) is 4.46. The van der Waals surface area contributed by atoms with Gasteiger partial charge >= 0.3 is 0 Å². The van der Waals surface area contributed by atoms with E-state index in [0.29, 0.717) is 35.1 Å². The molecule has 1 aliphatic heterocycles. The largest absolute Gasteiger partial charge is 0.507 e. The molecule has 7 heteroatoms. The Hall–Kier alpha value is -3.87. The Bertz CT molecular complexity index is 1210. The molecule has 0 saturated carbocycles. The summed E-state index contributed by atoms with van der Waals surface area (Å²) < 4.78 is 25.0. The lowest BCUT2D eigenvalue weighted by atomic mass is 9.99. The molecule has 0 spiro atoms. The van der Waals surface area contributed by atoms with E-state index < -0.39 is 23.5 Å². The zero-order chi connectivity index (χ0) is 24.2. The molecule has 1 N–H and O–H groups in total. The summed E-state index contributed by atoms with van der Waals surface area (Å²) in [6.07, 6.45) is 3.13. The Kier molecular flexibility index (Phi) is 6.82. The third kappa shape index (κ3) is 4.59. The number of rotatable bonds is 8. The highest BCUT2D eigenvalue weighted by Crippen LogP contribution is 2.42. The van der Waals surface area contributed by atoms with Crippen molar-refractivity contribution in [2.75, 3.05) is 11.5 Å². The number of halogens is 1. The molecule has 0 radical (unpaired) electrons. The van der Waals surface area contributed by atoms with Crippen LogP contribution in [-0.2, 0) is 9.59 Å². The van der Waals surface area contributed by atoms with Crippen LogP contribution in [0.25, 0.3) is 5.76 Å². The Morgan fingerprint density at radius 3 is 2.35 bits per heavy atom. The van der Waals surface area contributed by atoms with Gasteiger partial charge in [0.25, 0.3) is 11.7 Å². The lowest BCUT2D eigenvalue weighted by Gasteiger charge is -2.23. The van der Waals surface area contributed by atoms with Crippen LogP contribution in [0.1, 0.15) is 49.3 Å². The molecule has 34 heavy (non-hydrogen) atoms. The Balaban J connectivity index is 1.73. The molecule has 1 unspecified atom stereocenters. The number of hydrogen-bond acceptors (Lipinski definition) is 5. The van der Waals surface area contributed by atoms with Crippen molar-refractivity contribution in [1.29, 1.82) is 0 Å². The lowest BCUT2D eigenvalue weighted by molar-refractivity contribution is -0.132. The number of nitrogens with zero attached hydrogens (tertiary/aromatic N) is 1. The third-order valence-electron chi connectivity index (χ3n) is 5.72. The smallest absolute Gasteiger partial charge is 0.300 e. The molecule has 1 amide bonds. The summed E-state index contributed by atoms with van der Waals surface area (Å²) in [6, 6.07) is 14.3. The first-order valence-corrected chi connectivity index (χ1v) is 11.3. The van der Waals surface area contributed by atoms with E-state index in [1.165, 1.54) is 29.2 Å². The van der Waals surface area contributed by atoms with Crippen LogP contribution in [0.15, 0.2) is 70.7 Å². The first-order chi connectivity index (χ1) is 16.4. The van der Waals surface area contributed by atoms with Crippen molar-refractivity contribution >= 4 is 23.1 Å². The molecule has 1 aromatic heterocycles. The van der Waals surface area contributed by atoms with Crippen LogP contribution in [0.5, 0.6) is 5.75 Å². The van der Waals surface area contributed by atoms with Gasteiger partial charge in [0.1, 0.15) is 34.9 Å². The molecule has 6 nitrogen and oxygen atoms in total. The number of furan rings is 1. The predicted molar refractivity (Wildman–Crippen MR) is 126 cm³/mol. The molecule has 2 aromatic carbocycles. The van der Waals surface area contributed by atoms with E-state index in [0.717, 1.165) is 19.3 Å². The van der Waals surface area contributed by atoms with Crippen molar-refractivity contribution in [3.05, 3.63) is 89.1 Å². The number of carbonyl (C=O) groups is 2. The van der Waals surface area contributed by atoms with Crippen LogP contribution in [-0.4, -0.2) is 23.4 Å². The fourth-order valence-electron chi connectivity index (χ4n) is 3.98. The minimum absolute atomic E-state index is 0.0970. The van der Waals surface area contributed by atoms with Crippen molar-refractivity contribution in [2.45, 2.75) is 39.2 Å². The number of anilines is 1. The maximum absolute atomic E-state index is 13.5. The highest BCUT2D eigenvalue weighted by Gasteiger charge is 2.48. The summed E-state index contributed by atoms with van der Waals surface area (Å²) in [5.41, 5.74) is 0.587. The SMILES string of the molecule is CCCCCOc1ccc(/C(O)=C2/C(=O)C(=O)N(c3ccc(F)cc3)C2c2ccc(C)o2)cc1. The van der Waals surface area contributed by atoms with Gasteiger partial charge in [0.05, 0.1) is 12.2 Å². The lowest BCUT2D eigenvalue weighted by Crippen LogP contribution is -2.29. The summed E-state index contributed by atoms with van der Waals surface area (Å²) in [4.78, 5) is 27.3. The number of carbonyl (C=O) groups excluding carboxylic acids is 2. The topological polar surface area (TPSA) is 80.0 Å². The molecular formula is C27H26FNO5. The van der Waals surface area contributed by atoms with E-state index in [1.807, 2.05) is 0 Å². The van der Waals surface area contributed by atoms with Crippen molar-refractivity contribution in [3.63, 3.8) is 0 Å². The van der Waals surface area contributed by atoms with Crippen molar-refractivity contribution in [3.8, 4) is 5.75 Å². The van der Waals surface area contributed by atoms with E-state index in [4.69, 9.17) is 9.15 Å². The number of aryl methyl sites for hydroxylation is 1. The molecule has 176 valence electrons. The highest BCUT2D eigenvalue weighted by atomic mass is 19.1. The molecule has 0 bridgehead atoms. The second-order valence-electron chi connectivity index (χ2n) is 8.17.